The second-order valence-corrected chi connectivity index (χ2v) is 4.14. The lowest BCUT2D eigenvalue weighted by Gasteiger charge is -2.13. The fourth-order valence-electron chi connectivity index (χ4n) is 2.19. The fourth-order valence-corrected chi connectivity index (χ4v) is 2.19. The normalized spacial score (nSPS) is 13.5. The highest BCUT2D eigenvalue weighted by Gasteiger charge is 2.34. The number of aromatic nitrogens is 1. The van der Waals surface area contributed by atoms with E-state index in [2.05, 4.69) is 4.98 Å². The van der Waals surface area contributed by atoms with Crippen molar-refractivity contribution in [2.24, 2.45) is 0 Å². The highest BCUT2D eigenvalue weighted by Crippen LogP contribution is 2.32. The Morgan fingerprint density at radius 1 is 1.21 bits per heavy atom. The molecule has 0 spiro atoms. The molecule has 3 rings (SSSR count). The lowest BCUT2D eigenvalue weighted by atomic mass is 10.1. The first-order valence-corrected chi connectivity index (χ1v) is 5.67. The second-order valence-electron chi connectivity index (χ2n) is 4.14. The van der Waals surface area contributed by atoms with Crippen molar-refractivity contribution < 1.29 is 9.72 Å². The Hall–Kier alpha value is -2.76. The molecular weight excluding hydrogens is 246 g/mol. The molecule has 19 heavy (non-hydrogen) atoms. The van der Waals surface area contributed by atoms with Gasteiger partial charge in [0, 0.05) is 12.3 Å². The number of nitro groups is 1. The molecule has 0 radical (unpaired) electrons. The van der Waals surface area contributed by atoms with Gasteiger partial charge in [-0.25, -0.2) is 4.98 Å². The number of carbonyl (C=O) groups excluding carboxylic acids is 1. The Bertz CT molecular complexity index is 670. The lowest BCUT2D eigenvalue weighted by Crippen LogP contribution is -2.23. The predicted octanol–water partition coefficient (Wildman–Crippen LogP) is 2.15. The average molecular weight is 255 g/mol. The predicted molar refractivity (Wildman–Crippen MR) is 67.8 cm³/mol. The maximum atomic E-state index is 12.2. The van der Waals surface area contributed by atoms with Gasteiger partial charge in [0.15, 0.2) is 0 Å². The molecule has 0 aliphatic carbocycles. The zero-order valence-corrected chi connectivity index (χ0v) is 9.81. The molecule has 0 saturated carbocycles. The Labute approximate surface area is 108 Å². The molecule has 0 unspecified atom stereocenters. The molecule has 1 aliphatic heterocycles. The van der Waals surface area contributed by atoms with Crippen LogP contribution < -0.4 is 4.90 Å². The third-order valence-corrected chi connectivity index (χ3v) is 3.07. The number of benzene rings is 1. The van der Waals surface area contributed by atoms with Crippen LogP contribution in [-0.4, -0.2) is 15.8 Å². The molecule has 1 aliphatic rings. The number of carbonyl (C=O) groups is 1. The van der Waals surface area contributed by atoms with Crippen LogP contribution in [0, 0.1) is 10.1 Å². The summed E-state index contributed by atoms with van der Waals surface area (Å²) >= 11 is 0. The molecule has 6 heteroatoms. The first kappa shape index (κ1) is 11.3. The van der Waals surface area contributed by atoms with Crippen LogP contribution in [0.4, 0.5) is 11.5 Å². The van der Waals surface area contributed by atoms with Crippen LogP contribution >= 0.6 is 0 Å². The summed E-state index contributed by atoms with van der Waals surface area (Å²) in [5, 5.41) is 11.0. The summed E-state index contributed by atoms with van der Waals surface area (Å²) < 4.78 is 0. The van der Waals surface area contributed by atoms with Gasteiger partial charge >= 0.3 is 0 Å². The largest absolute Gasteiger partial charge is 0.288 e. The SMILES string of the molecule is O=C1c2cccc([N+](=O)[O-])c2CN1c1ccccn1. The van der Waals surface area contributed by atoms with Gasteiger partial charge < -0.3 is 0 Å². The fraction of sp³-hybridized carbons (Fsp3) is 0.0769. The molecular formula is C13H9N3O3. The van der Waals surface area contributed by atoms with Gasteiger partial charge in [-0.05, 0) is 18.2 Å². The summed E-state index contributed by atoms with van der Waals surface area (Å²) in [6.45, 7) is 0.183. The molecule has 1 amide bonds. The van der Waals surface area contributed by atoms with Crippen LogP contribution in [0.1, 0.15) is 15.9 Å². The van der Waals surface area contributed by atoms with Crippen molar-refractivity contribution in [3.63, 3.8) is 0 Å². The number of hydrogen-bond acceptors (Lipinski definition) is 4. The minimum atomic E-state index is -0.464. The quantitative estimate of drug-likeness (QED) is 0.608. The van der Waals surface area contributed by atoms with E-state index in [0.717, 1.165) is 0 Å². The van der Waals surface area contributed by atoms with E-state index in [-0.39, 0.29) is 18.1 Å². The van der Waals surface area contributed by atoms with Crippen LogP contribution in [0.5, 0.6) is 0 Å². The highest BCUT2D eigenvalue weighted by atomic mass is 16.6. The van der Waals surface area contributed by atoms with E-state index in [1.165, 1.54) is 17.0 Å². The third-order valence-electron chi connectivity index (χ3n) is 3.07. The summed E-state index contributed by atoms with van der Waals surface area (Å²) in [5.41, 5.74) is 0.798. The Morgan fingerprint density at radius 2 is 2.05 bits per heavy atom. The van der Waals surface area contributed by atoms with Crippen molar-refractivity contribution >= 4 is 17.4 Å². The van der Waals surface area contributed by atoms with Crippen molar-refractivity contribution in [2.45, 2.75) is 6.54 Å². The molecule has 0 saturated heterocycles. The number of pyridine rings is 1. The summed E-state index contributed by atoms with van der Waals surface area (Å²) in [7, 11) is 0. The van der Waals surface area contributed by atoms with E-state index in [0.29, 0.717) is 16.9 Å². The van der Waals surface area contributed by atoms with E-state index in [9.17, 15) is 14.9 Å². The summed E-state index contributed by atoms with van der Waals surface area (Å²) in [6.07, 6.45) is 1.58. The number of amides is 1. The smallest absolute Gasteiger partial charge is 0.275 e. The molecule has 0 fully saturated rings. The van der Waals surface area contributed by atoms with Gasteiger partial charge in [0.1, 0.15) is 5.82 Å². The lowest BCUT2D eigenvalue weighted by molar-refractivity contribution is -0.385. The van der Waals surface area contributed by atoms with Crippen molar-refractivity contribution in [3.05, 3.63) is 63.8 Å². The van der Waals surface area contributed by atoms with E-state index >= 15 is 0 Å². The van der Waals surface area contributed by atoms with Gasteiger partial charge in [0.25, 0.3) is 11.6 Å². The maximum absolute atomic E-state index is 12.2. The summed E-state index contributed by atoms with van der Waals surface area (Å²) in [6, 6.07) is 9.76. The Morgan fingerprint density at radius 3 is 2.74 bits per heavy atom. The van der Waals surface area contributed by atoms with Crippen molar-refractivity contribution in [1.29, 1.82) is 0 Å². The monoisotopic (exact) mass is 255 g/mol. The summed E-state index contributed by atoms with van der Waals surface area (Å²) in [5.74, 6) is 0.246. The Balaban J connectivity index is 2.07. The average Bonchev–Trinajstić information content (AvgIpc) is 2.77. The van der Waals surface area contributed by atoms with Gasteiger partial charge in [-0.15, -0.1) is 0 Å². The van der Waals surface area contributed by atoms with Gasteiger partial charge in [-0.2, -0.15) is 0 Å². The molecule has 94 valence electrons. The van der Waals surface area contributed by atoms with Crippen LogP contribution in [0.3, 0.4) is 0 Å². The van der Waals surface area contributed by atoms with Crippen molar-refractivity contribution in [3.8, 4) is 0 Å². The van der Waals surface area contributed by atoms with Gasteiger partial charge in [0.05, 0.1) is 22.6 Å². The van der Waals surface area contributed by atoms with Crippen LogP contribution in [0.15, 0.2) is 42.6 Å². The third kappa shape index (κ3) is 1.74. The standard InChI is InChI=1S/C13H9N3O3/c17-13-9-4-3-5-11(16(18)19)10(9)8-15(13)12-6-1-2-7-14-12/h1-7H,8H2. The molecule has 2 heterocycles. The molecule has 0 bridgehead atoms. The first-order valence-electron chi connectivity index (χ1n) is 5.67. The first-order chi connectivity index (χ1) is 9.18. The van der Waals surface area contributed by atoms with Gasteiger partial charge in [-0.3, -0.25) is 19.8 Å². The topological polar surface area (TPSA) is 76.3 Å². The van der Waals surface area contributed by atoms with Gasteiger partial charge in [0.2, 0.25) is 0 Å². The maximum Gasteiger partial charge on any atom is 0.275 e. The number of rotatable bonds is 2. The van der Waals surface area contributed by atoms with Gasteiger partial charge in [-0.1, -0.05) is 12.1 Å². The molecule has 2 aromatic rings. The van der Waals surface area contributed by atoms with Crippen LogP contribution in [0.25, 0.3) is 0 Å². The molecule has 0 N–H and O–H groups in total. The number of nitro benzene ring substituents is 1. The molecule has 1 aromatic heterocycles. The van der Waals surface area contributed by atoms with Crippen LogP contribution in [0.2, 0.25) is 0 Å². The number of hydrogen-bond donors (Lipinski definition) is 0. The molecule has 6 nitrogen and oxygen atoms in total. The second kappa shape index (κ2) is 4.16. The van der Waals surface area contributed by atoms with Crippen molar-refractivity contribution in [1.82, 2.24) is 4.98 Å². The molecule has 0 atom stereocenters. The van der Waals surface area contributed by atoms with E-state index < -0.39 is 4.92 Å². The van der Waals surface area contributed by atoms with E-state index in [4.69, 9.17) is 0 Å². The Kier molecular flexibility index (Phi) is 2.49. The minimum Gasteiger partial charge on any atom is -0.288 e. The minimum absolute atomic E-state index is 0.0238. The van der Waals surface area contributed by atoms with Crippen molar-refractivity contribution in [2.75, 3.05) is 4.90 Å². The van der Waals surface area contributed by atoms with E-state index in [1.807, 2.05) is 0 Å². The summed E-state index contributed by atoms with van der Waals surface area (Å²) in [4.78, 5) is 28.3. The van der Waals surface area contributed by atoms with E-state index in [1.54, 1.807) is 30.5 Å². The number of nitrogens with zero attached hydrogens (tertiary/aromatic N) is 3. The number of fused-ring (bicyclic) bond motifs is 1. The number of anilines is 1. The molecule has 1 aromatic carbocycles. The zero-order chi connectivity index (χ0) is 13.4. The van der Waals surface area contributed by atoms with Crippen LogP contribution in [-0.2, 0) is 6.54 Å². The highest BCUT2D eigenvalue weighted by molar-refractivity contribution is 6.10. The zero-order valence-electron chi connectivity index (χ0n) is 9.81.